The highest BCUT2D eigenvalue weighted by Gasteiger charge is 2.37. The predicted molar refractivity (Wildman–Crippen MR) is 37.4 cm³/mol. The number of rotatable bonds is 0. The van der Waals surface area contributed by atoms with E-state index < -0.39 is 6.80 Å². The SMILES string of the molecule is CC1OP(=O)(O)SC1C. The fourth-order valence-corrected chi connectivity index (χ4v) is 4.33. The van der Waals surface area contributed by atoms with Crippen LogP contribution in [0.5, 0.6) is 0 Å². The molecule has 3 atom stereocenters. The van der Waals surface area contributed by atoms with Crippen molar-refractivity contribution in [3.8, 4) is 0 Å². The van der Waals surface area contributed by atoms with Crippen molar-refractivity contribution >= 4 is 18.2 Å². The molecule has 1 N–H and O–H groups in total. The Morgan fingerprint density at radius 2 is 2.22 bits per heavy atom. The molecule has 1 heterocycles. The Hall–Kier alpha value is 0.500. The molecule has 1 fully saturated rings. The van der Waals surface area contributed by atoms with Crippen molar-refractivity contribution in [3.63, 3.8) is 0 Å². The normalized spacial score (nSPS) is 51.9. The number of hydrogen-bond acceptors (Lipinski definition) is 3. The Kier molecular flexibility index (Phi) is 1.92. The predicted octanol–water partition coefficient (Wildman–Crippen LogP) is 1.63. The second kappa shape index (κ2) is 2.27. The highest BCUT2D eigenvalue weighted by molar-refractivity contribution is 8.55. The van der Waals surface area contributed by atoms with Crippen molar-refractivity contribution in [2.75, 3.05) is 0 Å². The van der Waals surface area contributed by atoms with E-state index in [-0.39, 0.29) is 11.4 Å². The smallest absolute Gasteiger partial charge is 0.316 e. The third kappa shape index (κ3) is 1.71. The summed E-state index contributed by atoms with van der Waals surface area (Å²) in [5.41, 5.74) is 0. The average Bonchev–Trinajstić information content (AvgIpc) is 1.79. The van der Waals surface area contributed by atoms with Crippen LogP contribution in [0.4, 0.5) is 0 Å². The van der Waals surface area contributed by atoms with Gasteiger partial charge in [0.2, 0.25) is 0 Å². The molecule has 1 saturated heterocycles. The Balaban J connectivity index is 2.65. The van der Waals surface area contributed by atoms with E-state index in [0.717, 1.165) is 11.4 Å². The van der Waals surface area contributed by atoms with Crippen molar-refractivity contribution in [2.24, 2.45) is 0 Å². The maximum atomic E-state index is 10.7. The van der Waals surface area contributed by atoms with Gasteiger partial charge < -0.3 is 4.89 Å². The standard InChI is InChI=1S/C4H9O3PS/c1-3-4(2)9-8(5,6)7-3/h3-4H,1-2H3,(H,5,6). The Bertz CT molecular complexity index is 146. The van der Waals surface area contributed by atoms with Crippen LogP contribution in [0.3, 0.4) is 0 Å². The summed E-state index contributed by atoms with van der Waals surface area (Å²) in [6, 6.07) is 0. The van der Waals surface area contributed by atoms with Crippen LogP contribution in [-0.4, -0.2) is 16.2 Å². The van der Waals surface area contributed by atoms with Gasteiger partial charge in [-0.15, -0.1) is 0 Å². The molecule has 0 aromatic heterocycles. The zero-order chi connectivity index (χ0) is 7.07. The molecule has 5 heteroatoms. The van der Waals surface area contributed by atoms with Crippen LogP contribution in [0.1, 0.15) is 13.8 Å². The lowest BCUT2D eigenvalue weighted by molar-refractivity contribution is 0.213. The van der Waals surface area contributed by atoms with Gasteiger partial charge in [0.1, 0.15) is 0 Å². The first kappa shape index (κ1) is 7.61. The lowest BCUT2D eigenvalue weighted by Crippen LogP contribution is -2.09. The van der Waals surface area contributed by atoms with Gasteiger partial charge in [-0.3, -0.25) is 4.52 Å². The van der Waals surface area contributed by atoms with E-state index in [1.807, 2.05) is 6.92 Å². The monoisotopic (exact) mass is 168 g/mol. The molecule has 0 bridgehead atoms. The first-order valence-corrected chi connectivity index (χ1v) is 5.77. The summed E-state index contributed by atoms with van der Waals surface area (Å²) >= 11 is 1.02. The summed E-state index contributed by atoms with van der Waals surface area (Å²) in [7, 11) is 0. The lowest BCUT2D eigenvalue weighted by Gasteiger charge is -2.01. The summed E-state index contributed by atoms with van der Waals surface area (Å²) in [5, 5.41) is 0.140. The van der Waals surface area contributed by atoms with E-state index in [4.69, 9.17) is 9.42 Å². The first-order chi connectivity index (χ1) is 4.01. The van der Waals surface area contributed by atoms with Crippen molar-refractivity contribution < 1.29 is 14.0 Å². The van der Waals surface area contributed by atoms with Crippen LogP contribution >= 0.6 is 18.2 Å². The van der Waals surface area contributed by atoms with E-state index in [0.29, 0.717) is 0 Å². The third-order valence-electron chi connectivity index (χ3n) is 1.26. The van der Waals surface area contributed by atoms with Gasteiger partial charge in [-0.1, -0.05) is 6.92 Å². The van der Waals surface area contributed by atoms with Crippen molar-refractivity contribution in [2.45, 2.75) is 25.2 Å². The van der Waals surface area contributed by atoms with Crippen LogP contribution in [-0.2, 0) is 9.09 Å². The quantitative estimate of drug-likeness (QED) is 0.558. The average molecular weight is 168 g/mol. The molecular weight excluding hydrogens is 159 g/mol. The second-order valence-electron chi connectivity index (χ2n) is 2.09. The fraction of sp³-hybridized carbons (Fsp3) is 1.00. The molecular formula is C4H9O3PS. The minimum Gasteiger partial charge on any atom is -0.316 e. The zero-order valence-corrected chi connectivity index (χ0v) is 6.98. The Labute approximate surface area is 58.1 Å². The molecule has 0 saturated carbocycles. The second-order valence-corrected chi connectivity index (χ2v) is 6.21. The molecule has 3 unspecified atom stereocenters. The number of hydrogen-bond donors (Lipinski definition) is 1. The van der Waals surface area contributed by atoms with Gasteiger partial charge in [0.05, 0.1) is 6.10 Å². The zero-order valence-electron chi connectivity index (χ0n) is 5.27. The van der Waals surface area contributed by atoms with Crippen LogP contribution in [0.25, 0.3) is 0 Å². The van der Waals surface area contributed by atoms with Crippen molar-refractivity contribution in [3.05, 3.63) is 0 Å². The van der Waals surface area contributed by atoms with E-state index in [1.165, 1.54) is 0 Å². The molecule has 0 aromatic carbocycles. The van der Waals surface area contributed by atoms with E-state index >= 15 is 0 Å². The maximum absolute atomic E-state index is 10.7. The van der Waals surface area contributed by atoms with Crippen LogP contribution in [0.15, 0.2) is 0 Å². The molecule has 0 radical (unpaired) electrons. The van der Waals surface area contributed by atoms with Crippen molar-refractivity contribution in [1.82, 2.24) is 0 Å². The molecule has 9 heavy (non-hydrogen) atoms. The van der Waals surface area contributed by atoms with E-state index in [1.54, 1.807) is 6.92 Å². The minimum atomic E-state index is -3.24. The van der Waals surface area contributed by atoms with Gasteiger partial charge in [0.25, 0.3) is 0 Å². The molecule has 0 amide bonds. The summed E-state index contributed by atoms with van der Waals surface area (Å²) < 4.78 is 15.5. The van der Waals surface area contributed by atoms with Gasteiger partial charge in [-0.2, -0.15) is 0 Å². The first-order valence-electron chi connectivity index (χ1n) is 2.71. The van der Waals surface area contributed by atoms with Crippen LogP contribution < -0.4 is 0 Å². The van der Waals surface area contributed by atoms with Gasteiger partial charge in [0.15, 0.2) is 0 Å². The fourth-order valence-electron chi connectivity index (χ4n) is 0.616. The summed E-state index contributed by atoms with van der Waals surface area (Å²) in [6.07, 6.45) is -0.0918. The minimum absolute atomic E-state index is 0.0918. The Morgan fingerprint density at radius 1 is 1.67 bits per heavy atom. The highest BCUT2D eigenvalue weighted by Crippen LogP contribution is 2.64. The molecule has 3 nitrogen and oxygen atoms in total. The van der Waals surface area contributed by atoms with Gasteiger partial charge in [0, 0.05) is 5.25 Å². The van der Waals surface area contributed by atoms with E-state index in [2.05, 4.69) is 0 Å². The third-order valence-corrected chi connectivity index (χ3v) is 4.90. The summed E-state index contributed by atoms with van der Waals surface area (Å²) in [4.78, 5) is 8.83. The highest BCUT2D eigenvalue weighted by atomic mass is 32.7. The Morgan fingerprint density at radius 3 is 2.33 bits per heavy atom. The molecule has 0 aliphatic carbocycles. The summed E-state index contributed by atoms with van der Waals surface area (Å²) in [5.74, 6) is 0. The molecule has 54 valence electrons. The molecule has 1 rings (SSSR count). The van der Waals surface area contributed by atoms with Crippen molar-refractivity contribution in [1.29, 1.82) is 0 Å². The maximum Gasteiger partial charge on any atom is 0.387 e. The molecule has 1 aliphatic heterocycles. The molecule has 0 aromatic rings. The van der Waals surface area contributed by atoms with E-state index in [9.17, 15) is 4.57 Å². The van der Waals surface area contributed by atoms with Gasteiger partial charge in [-0.25, -0.2) is 4.57 Å². The topological polar surface area (TPSA) is 46.5 Å². The van der Waals surface area contributed by atoms with Gasteiger partial charge in [-0.05, 0) is 18.3 Å². The largest absolute Gasteiger partial charge is 0.387 e. The van der Waals surface area contributed by atoms with Crippen LogP contribution in [0, 0.1) is 0 Å². The summed E-state index contributed by atoms with van der Waals surface area (Å²) in [6.45, 7) is 0.440. The van der Waals surface area contributed by atoms with Gasteiger partial charge >= 0.3 is 6.80 Å². The molecule has 1 aliphatic rings. The lowest BCUT2D eigenvalue weighted by atomic mass is 10.3. The molecule has 0 spiro atoms. The van der Waals surface area contributed by atoms with Crippen LogP contribution in [0.2, 0.25) is 0 Å².